The Balaban J connectivity index is 2.52. The summed E-state index contributed by atoms with van der Waals surface area (Å²) in [5.74, 6) is -0.229. The van der Waals surface area contributed by atoms with Gasteiger partial charge in [0.15, 0.2) is 0 Å². The molecule has 0 aromatic carbocycles. The number of nitrogens with two attached hydrogens (primary N) is 1. The third kappa shape index (κ3) is 4.64. The fraction of sp³-hybridized carbons (Fsp3) is 0.923. The van der Waals surface area contributed by atoms with Crippen LogP contribution < -0.4 is 11.1 Å². The van der Waals surface area contributed by atoms with Crippen molar-refractivity contribution in [3.05, 3.63) is 0 Å². The highest BCUT2D eigenvalue weighted by Gasteiger charge is 2.25. The molecule has 3 N–H and O–H groups in total. The number of amides is 1. The second-order valence-electron chi connectivity index (χ2n) is 4.95. The standard InChI is InChI=1S/C13H27N3O/c1-3-7-11-8-5-6-9-16(11)10-12(13(14)17)15-4-2/h11-12,15H,3-10H2,1-2H3,(H2,14,17). The molecule has 1 aliphatic heterocycles. The summed E-state index contributed by atoms with van der Waals surface area (Å²) < 4.78 is 0. The van der Waals surface area contributed by atoms with E-state index < -0.39 is 0 Å². The van der Waals surface area contributed by atoms with Crippen LogP contribution >= 0.6 is 0 Å². The van der Waals surface area contributed by atoms with Crippen LogP contribution in [0.25, 0.3) is 0 Å². The van der Waals surface area contributed by atoms with Gasteiger partial charge in [-0.25, -0.2) is 0 Å². The van der Waals surface area contributed by atoms with Gasteiger partial charge >= 0.3 is 0 Å². The molecule has 1 amide bonds. The van der Waals surface area contributed by atoms with Crippen molar-refractivity contribution in [1.82, 2.24) is 10.2 Å². The van der Waals surface area contributed by atoms with Crippen molar-refractivity contribution in [3.8, 4) is 0 Å². The number of carbonyl (C=O) groups is 1. The molecule has 1 fully saturated rings. The average Bonchev–Trinajstić information content (AvgIpc) is 2.31. The molecule has 4 nitrogen and oxygen atoms in total. The third-order valence-electron chi connectivity index (χ3n) is 3.58. The van der Waals surface area contributed by atoms with Gasteiger partial charge in [-0.05, 0) is 32.4 Å². The van der Waals surface area contributed by atoms with Gasteiger partial charge < -0.3 is 11.1 Å². The Kier molecular flexibility index (Phi) is 6.52. The molecular weight excluding hydrogens is 214 g/mol. The summed E-state index contributed by atoms with van der Waals surface area (Å²) in [7, 11) is 0. The van der Waals surface area contributed by atoms with Crippen molar-refractivity contribution in [2.45, 2.75) is 58.0 Å². The number of rotatable bonds is 7. The van der Waals surface area contributed by atoms with Gasteiger partial charge in [0.2, 0.25) is 5.91 Å². The van der Waals surface area contributed by atoms with Crippen molar-refractivity contribution in [2.24, 2.45) is 5.73 Å². The Morgan fingerprint density at radius 1 is 1.47 bits per heavy atom. The number of nitrogens with zero attached hydrogens (tertiary/aromatic N) is 1. The lowest BCUT2D eigenvalue weighted by atomic mass is 9.97. The third-order valence-corrected chi connectivity index (χ3v) is 3.58. The predicted molar refractivity (Wildman–Crippen MR) is 70.8 cm³/mol. The maximum absolute atomic E-state index is 11.4. The Hall–Kier alpha value is -0.610. The second-order valence-corrected chi connectivity index (χ2v) is 4.95. The molecule has 4 heteroatoms. The molecule has 100 valence electrons. The molecule has 1 heterocycles. The fourth-order valence-corrected chi connectivity index (χ4v) is 2.70. The molecule has 0 aromatic heterocycles. The van der Waals surface area contributed by atoms with Crippen LogP contribution in [-0.2, 0) is 4.79 Å². The first kappa shape index (κ1) is 14.5. The summed E-state index contributed by atoms with van der Waals surface area (Å²) in [4.78, 5) is 13.8. The normalized spacial score (nSPS) is 23.5. The highest BCUT2D eigenvalue weighted by Crippen LogP contribution is 2.20. The number of primary amides is 1. The number of hydrogen-bond donors (Lipinski definition) is 2. The number of hydrogen-bond acceptors (Lipinski definition) is 3. The van der Waals surface area contributed by atoms with E-state index in [1.54, 1.807) is 0 Å². The van der Waals surface area contributed by atoms with Crippen LogP contribution in [0.4, 0.5) is 0 Å². The van der Waals surface area contributed by atoms with Crippen LogP contribution in [0, 0.1) is 0 Å². The molecule has 0 aliphatic carbocycles. The predicted octanol–water partition coefficient (Wildman–Crippen LogP) is 1.10. The minimum Gasteiger partial charge on any atom is -0.368 e. The molecule has 0 spiro atoms. The average molecular weight is 241 g/mol. The molecule has 0 aromatic rings. The fourth-order valence-electron chi connectivity index (χ4n) is 2.70. The number of likely N-dealkylation sites (N-methyl/N-ethyl adjacent to an activating group) is 1. The molecule has 2 atom stereocenters. The zero-order valence-corrected chi connectivity index (χ0v) is 11.2. The summed E-state index contributed by atoms with van der Waals surface area (Å²) in [5.41, 5.74) is 5.43. The second kappa shape index (κ2) is 7.67. The molecule has 2 unspecified atom stereocenters. The Morgan fingerprint density at radius 3 is 2.82 bits per heavy atom. The van der Waals surface area contributed by atoms with E-state index in [1.165, 1.54) is 32.1 Å². The summed E-state index contributed by atoms with van der Waals surface area (Å²) in [5, 5.41) is 3.18. The molecule has 0 radical (unpaired) electrons. The van der Waals surface area contributed by atoms with E-state index in [9.17, 15) is 4.79 Å². The first-order chi connectivity index (χ1) is 8.19. The number of piperidine rings is 1. The quantitative estimate of drug-likeness (QED) is 0.702. The Labute approximate surface area is 105 Å². The van der Waals surface area contributed by atoms with Crippen molar-refractivity contribution in [1.29, 1.82) is 0 Å². The maximum atomic E-state index is 11.4. The van der Waals surface area contributed by atoms with Gasteiger partial charge in [-0.3, -0.25) is 9.69 Å². The van der Waals surface area contributed by atoms with E-state index in [0.29, 0.717) is 6.04 Å². The van der Waals surface area contributed by atoms with Crippen molar-refractivity contribution in [3.63, 3.8) is 0 Å². The zero-order chi connectivity index (χ0) is 12.7. The van der Waals surface area contributed by atoms with Gasteiger partial charge in [-0.15, -0.1) is 0 Å². The topological polar surface area (TPSA) is 58.4 Å². The van der Waals surface area contributed by atoms with Crippen LogP contribution in [-0.4, -0.2) is 42.5 Å². The first-order valence-corrected chi connectivity index (χ1v) is 6.95. The van der Waals surface area contributed by atoms with Gasteiger partial charge in [0, 0.05) is 12.6 Å². The summed E-state index contributed by atoms with van der Waals surface area (Å²) in [6.07, 6.45) is 6.29. The Morgan fingerprint density at radius 2 is 2.24 bits per heavy atom. The highest BCUT2D eigenvalue weighted by atomic mass is 16.1. The van der Waals surface area contributed by atoms with Gasteiger partial charge in [0.25, 0.3) is 0 Å². The SMILES string of the molecule is CCCC1CCCCN1CC(NCC)C(N)=O. The lowest BCUT2D eigenvalue weighted by molar-refractivity contribution is -0.120. The summed E-state index contributed by atoms with van der Waals surface area (Å²) in [6, 6.07) is 0.451. The van der Waals surface area contributed by atoms with Crippen LogP contribution in [0.3, 0.4) is 0 Å². The molecule has 1 aliphatic rings. The minimum absolute atomic E-state index is 0.197. The lowest BCUT2D eigenvalue weighted by Gasteiger charge is -2.37. The van der Waals surface area contributed by atoms with Crippen LogP contribution in [0.5, 0.6) is 0 Å². The largest absolute Gasteiger partial charge is 0.368 e. The maximum Gasteiger partial charge on any atom is 0.235 e. The smallest absolute Gasteiger partial charge is 0.235 e. The summed E-state index contributed by atoms with van der Waals surface area (Å²) in [6.45, 7) is 6.91. The first-order valence-electron chi connectivity index (χ1n) is 6.95. The number of carbonyl (C=O) groups excluding carboxylic acids is 1. The number of nitrogens with one attached hydrogen (secondary N) is 1. The monoisotopic (exact) mass is 241 g/mol. The van der Waals surface area contributed by atoms with E-state index in [0.717, 1.165) is 19.6 Å². The number of likely N-dealkylation sites (tertiary alicyclic amines) is 1. The molecule has 0 saturated carbocycles. The van der Waals surface area contributed by atoms with Crippen molar-refractivity contribution in [2.75, 3.05) is 19.6 Å². The molecule has 17 heavy (non-hydrogen) atoms. The zero-order valence-electron chi connectivity index (χ0n) is 11.2. The van der Waals surface area contributed by atoms with E-state index in [1.807, 2.05) is 6.92 Å². The van der Waals surface area contributed by atoms with Gasteiger partial charge in [-0.1, -0.05) is 26.7 Å². The lowest BCUT2D eigenvalue weighted by Crippen LogP contribution is -2.52. The minimum atomic E-state index is -0.229. The van der Waals surface area contributed by atoms with E-state index >= 15 is 0 Å². The van der Waals surface area contributed by atoms with Crippen molar-refractivity contribution >= 4 is 5.91 Å². The van der Waals surface area contributed by atoms with Crippen LogP contribution in [0.1, 0.15) is 46.0 Å². The summed E-state index contributed by atoms with van der Waals surface area (Å²) >= 11 is 0. The van der Waals surface area contributed by atoms with Crippen molar-refractivity contribution < 1.29 is 4.79 Å². The highest BCUT2D eigenvalue weighted by molar-refractivity contribution is 5.80. The van der Waals surface area contributed by atoms with E-state index in [4.69, 9.17) is 5.73 Å². The Bertz CT molecular complexity index is 231. The van der Waals surface area contributed by atoms with Gasteiger partial charge in [0.1, 0.15) is 0 Å². The van der Waals surface area contributed by atoms with E-state index in [2.05, 4.69) is 17.1 Å². The molecule has 0 bridgehead atoms. The molecular formula is C13H27N3O. The van der Waals surface area contributed by atoms with Crippen LogP contribution in [0.2, 0.25) is 0 Å². The van der Waals surface area contributed by atoms with Gasteiger partial charge in [0.05, 0.1) is 6.04 Å². The molecule has 1 saturated heterocycles. The molecule has 1 rings (SSSR count). The van der Waals surface area contributed by atoms with Gasteiger partial charge in [-0.2, -0.15) is 0 Å². The van der Waals surface area contributed by atoms with E-state index in [-0.39, 0.29) is 11.9 Å². The van der Waals surface area contributed by atoms with Crippen LogP contribution in [0.15, 0.2) is 0 Å².